The fraction of sp³-hybridized carbons (Fsp3) is 0.188. The first-order valence-corrected chi connectivity index (χ1v) is 6.84. The van der Waals surface area contributed by atoms with Crippen molar-refractivity contribution in [2.75, 3.05) is 11.9 Å². The summed E-state index contributed by atoms with van der Waals surface area (Å²) < 4.78 is 47.1. The van der Waals surface area contributed by atoms with Crippen LogP contribution in [-0.2, 0) is 0 Å². The molecule has 7 heteroatoms. The molecule has 3 rings (SSSR count). The molecule has 0 saturated carbocycles. The molecule has 1 aliphatic rings. The fourth-order valence-electron chi connectivity index (χ4n) is 2.12. The topological polar surface area (TPSA) is 47.6 Å². The maximum Gasteiger partial charge on any atom is 0.392 e. The Morgan fingerprint density at radius 3 is 2.65 bits per heavy atom. The summed E-state index contributed by atoms with van der Waals surface area (Å²) >= 11 is 0. The van der Waals surface area contributed by atoms with Crippen molar-refractivity contribution in [3.05, 3.63) is 48.0 Å². The Morgan fingerprint density at radius 1 is 1.09 bits per heavy atom. The molecule has 1 N–H and O–H groups in total. The van der Waals surface area contributed by atoms with Crippen LogP contribution in [0, 0.1) is 0 Å². The lowest BCUT2D eigenvalue weighted by atomic mass is 10.2. The molecule has 0 spiro atoms. The van der Waals surface area contributed by atoms with Crippen LogP contribution in [0.15, 0.2) is 42.5 Å². The second-order valence-electron chi connectivity index (χ2n) is 4.92. The van der Waals surface area contributed by atoms with Crippen molar-refractivity contribution in [2.24, 2.45) is 0 Å². The van der Waals surface area contributed by atoms with Gasteiger partial charge in [-0.25, -0.2) is 0 Å². The average Bonchev–Trinajstić information content (AvgIpc) is 2.62. The molecule has 0 radical (unpaired) electrons. The molecular formula is C16H12F3NO3. The molecule has 0 bridgehead atoms. The molecule has 0 atom stereocenters. The predicted octanol–water partition coefficient (Wildman–Crippen LogP) is 4.38. The summed E-state index contributed by atoms with van der Waals surface area (Å²) in [5.41, 5.74) is 0.721. The Kier molecular flexibility index (Phi) is 3.85. The Bertz CT molecular complexity index is 744. The summed E-state index contributed by atoms with van der Waals surface area (Å²) in [6.45, 7) is -0.489. The molecule has 0 aromatic heterocycles. The minimum Gasteiger partial charge on any atom is -0.493 e. The highest BCUT2D eigenvalue weighted by atomic mass is 19.4. The van der Waals surface area contributed by atoms with Crippen LogP contribution in [0.5, 0.6) is 17.2 Å². The van der Waals surface area contributed by atoms with E-state index in [1.165, 1.54) is 12.1 Å². The first-order chi connectivity index (χ1) is 10.9. The number of benzene rings is 2. The van der Waals surface area contributed by atoms with E-state index >= 15 is 0 Å². The molecule has 1 amide bonds. The molecule has 120 valence electrons. The van der Waals surface area contributed by atoms with Crippen molar-refractivity contribution >= 4 is 11.6 Å². The van der Waals surface area contributed by atoms with E-state index in [9.17, 15) is 18.0 Å². The van der Waals surface area contributed by atoms with E-state index < -0.39 is 19.2 Å². The van der Waals surface area contributed by atoms with Crippen LogP contribution >= 0.6 is 0 Å². The van der Waals surface area contributed by atoms with Crippen molar-refractivity contribution in [2.45, 2.75) is 12.6 Å². The molecule has 2 aromatic rings. The Hall–Kier alpha value is -2.70. The zero-order valence-electron chi connectivity index (χ0n) is 11.8. The number of amides is 1. The van der Waals surface area contributed by atoms with Gasteiger partial charge in [-0.15, -0.1) is 0 Å². The van der Waals surface area contributed by atoms with E-state index in [1.807, 2.05) is 0 Å². The number of carbonyl (C=O) groups is 1. The monoisotopic (exact) mass is 323 g/mol. The van der Waals surface area contributed by atoms with Crippen molar-refractivity contribution < 1.29 is 27.4 Å². The lowest BCUT2D eigenvalue weighted by molar-refractivity contribution is -0.139. The van der Waals surface area contributed by atoms with Crippen LogP contribution in [0.4, 0.5) is 18.9 Å². The largest absolute Gasteiger partial charge is 0.493 e. The van der Waals surface area contributed by atoms with Gasteiger partial charge in [-0.1, -0.05) is 12.1 Å². The van der Waals surface area contributed by atoms with Crippen molar-refractivity contribution in [3.63, 3.8) is 0 Å². The number of hydrogen-bond donors (Lipinski definition) is 1. The second-order valence-corrected chi connectivity index (χ2v) is 4.92. The number of nitrogens with one attached hydrogen (secondary N) is 1. The number of anilines is 1. The van der Waals surface area contributed by atoms with Crippen LogP contribution in [0.2, 0.25) is 0 Å². The van der Waals surface area contributed by atoms with Crippen molar-refractivity contribution in [1.29, 1.82) is 0 Å². The highest BCUT2D eigenvalue weighted by Crippen LogP contribution is 2.37. The molecule has 23 heavy (non-hydrogen) atoms. The number of fused-ring (bicyclic) bond motifs is 2. The number of ether oxygens (including phenoxy) is 2. The lowest BCUT2D eigenvalue weighted by Crippen LogP contribution is -2.13. The van der Waals surface area contributed by atoms with E-state index in [2.05, 4.69) is 5.32 Å². The molecule has 0 aliphatic carbocycles. The summed E-state index contributed by atoms with van der Waals surface area (Å²) in [4.78, 5) is 12.1. The van der Waals surface area contributed by atoms with Gasteiger partial charge in [-0.3, -0.25) is 4.79 Å². The third kappa shape index (κ3) is 3.56. The Balaban J connectivity index is 1.79. The zero-order chi connectivity index (χ0) is 16.4. The maximum atomic E-state index is 12.1. The second kappa shape index (κ2) is 5.83. The summed E-state index contributed by atoms with van der Waals surface area (Å²) in [7, 11) is 0. The van der Waals surface area contributed by atoms with E-state index in [0.29, 0.717) is 22.7 Å². The quantitative estimate of drug-likeness (QED) is 0.912. The van der Waals surface area contributed by atoms with Crippen LogP contribution in [0.1, 0.15) is 16.8 Å². The Labute approximate surface area is 129 Å². The smallest absolute Gasteiger partial charge is 0.392 e. The average molecular weight is 323 g/mol. The maximum absolute atomic E-state index is 12.1. The normalized spacial score (nSPS) is 13.3. The van der Waals surface area contributed by atoms with Gasteiger partial charge in [0.15, 0.2) is 5.75 Å². The number of alkyl halides is 3. The van der Waals surface area contributed by atoms with E-state index in [4.69, 9.17) is 9.47 Å². The first kappa shape index (κ1) is 15.2. The summed E-state index contributed by atoms with van der Waals surface area (Å²) in [5, 5.41) is 2.66. The number of carbonyl (C=O) groups excluding carboxylic acids is 1. The van der Waals surface area contributed by atoms with Crippen LogP contribution < -0.4 is 14.8 Å². The number of para-hydroxylation sites is 1. The zero-order valence-corrected chi connectivity index (χ0v) is 11.8. The molecule has 0 saturated heterocycles. The van der Waals surface area contributed by atoms with E-state index in [1.54, 1.807) is 30.3 Å². The van der Waals surface area contributed by atoms with Gasteiger partial charge < -0.3 is 14.8 Å². The number of halogens is 3. The van der Waals surface area contributed by atoms with Gasteiger partial charge in [0.2, 0.25) is 0 Å². The van der Waals surface area contributed by atoms with Crippen LogP contribution in [0.3, 0.4) is 0 Å². The number of rotatable bonds is 3. The van der Waals surface area contributed by atoms with Gasteiger partial charge >= 0.3 is 6.18 Å². The van der Waals surface area contributed by atoms with E-state index in [-0.39, 0.29) is 11.7 Å². The third-order valence-corrected chi connectivity index (χ3v) is 3.21. The summed E-state index contributed by atoms with van der Waals surface area (Å²) in [6.07, 6.45) is -5.32. The summed E-state index contributed by atoms with van der Waals surface area (Å²) in [5.74, 6) is 0.676. The lowest BCUT2D eigenvalue weighted by Gasteiger charge is -2.12. The molecule has 0 fully saturated rings. The molecule has 1 aliphatic heterocycles. The van der Waals surface area contributed by atoms with Gasteiger partial charge in [-0.2, -0.15) is 13.2 Å². The fourth-order valence-corrected chi connectivity index (χ4v) is 2.12. The minimum absolute atomic E-state index is 0.225. The van der Waals surface area contributed by atoms with Crippen molar-refractivity contribution in [1.82, 2.24) is 0 Å². The molecule has 1 heterocycles. The number of hydrogen-bond acceptors (Lipinski definition) is 3. The minimum atomic E-state index is -4.27. The first-order valence-electron chi connectivity index (χ1n) is 6.84. The van der Waals surface area contributed by atoms with Gasteiger partial charge in [0.25, 0.3) is 5.91 Å². The molecule has 0 unspecified atom stereocenters. The summed E-state index contributed by atoms with van der Waals surface area (Å²) in [6, 6.07) is 11.2. The molecule has 4 nitrogen and oxygen atoms in total. The standard InChI is InChI=1S/C16H12F3NO3/c17-16(18,19)7-8-22-10-5-6-14-12(9-10)20-15(21)11-3-1-2-4-13(11)23-14/h1-6,9H,7-8H2,(H,20,21). The van der Waals surface area contributed by atoms with E-state index in [0.717, 1.165) is 0 Å². The highest BCUT2D eigenvalue weighted by Gasteiger charge is 2.27. The van der Waals surface area contributed by atoms with Gasteiger partial charge in [0.05, 0.1) is 24.3 Å². The third-order valence-electron chi connectivity index (χ3n) is 3.21. The molecule has 2 aromatic carbocycles. The highest BCUT2D eigenvalue weighted by molar-refractivity contribution is 6.08. The predicted molar refractivity (Wildman–Crippen MR) is 77.1 cm³/mol. The van der Waals surface area contributed by atoms with Crippen molar-refractivity contribution in [3.8, 4) is 17.2 Å². The SMILES string of the molecule is O=C1Nc2cc(OCCC(F)(F)F)ccc2Oc2ccccc21. The van der Waals surface area contributed by atoms with Crippen LogP contribution in [0.25, 0.3) is 0 Å². The van der Waals surface area contributed by atoms with Gasteiger partial charge in [-0.05, 0) is 24.3 Å². The molecular weight excluding hydrogens is 311 g/mol. The van der Waals surface area contributed by atoms with Crippen LogP contribution in [-0.4, -0.2) is 18.7 Å². The van der Waals surface area contributed by atoms with Gasteiger partial charge in [0, 0.05) is 6.07 Å². The van der Waals surface area contributed by atoms with Gasteiger partial charge in [0.1, 0.15) is 11.5 Å². The Morgan fingerprint density at radius 2 is 1.87 bits per heavy atom.